The molecule has 0 bridgehead atoms. The minimum Gasteiger partial charge on any atom is -0.0610 e. The Bertz CT molecular complexity index is 842. The van der Waals surface area contributed by atoms with Crippen molar-refractivity contribution in [2.24, 2.45) is 0 Å². The third-order valence-electron chi connectivity index (χ3n) is 4.12. The van der Waals surface area contributed by atoms with E-state index in [0.717, 1.165) is 0 Å². The molecule has 0 saturated carbocycles. The zero-order chi connectivity index (χ0) is 11.7. The lowest BCUT2D eigenvalue weighted by Crippen LogP contribution is -1.68. The topological polar surface area (TPSA) is 0 Å². The third-order valence-corrected chi connectivity index (χ3v) is 4.12. The fourth-order valence-electron chi connectivity index (χ4n) is 3.28. The summed E-state index contributed by atoms with van der Waals surface area (Å²) in [5.41, 5.74) is 5.48. The van der Waals surface area contributed by atoms with Crippen LogP contribution in [-0.4, -0.2) is 0 Å². The Morgan fingerprint density at radius 2 is 1.06 bits per heavy atom. The molecular weight excluding hydrogens is 216 g/mol. The molecule has 1 aromatic rings. The lowest BCUT2D eigenvalue weighted by Gasteiger charge is -1.96. The van der Waals surface area contributed by atoms with Gasteiger partial charge in [-0.1, -0.05) is 36.4 Å². The van der Waals surface area contributed by atoms with Gasteiger partial charge in [-0.25, -0.2) is 0 Å². The summed E-state index contributed by atoms with van der Waals surface area (Å²) in [4.78, 5) is 0. The Morgan fingerprint density at radius 3 is 1.61 bits per heavy atom. The quantitative estimate of drug-likeness (QED) is 0.345. The molecule has 0 fully saturated rings. The molecule has 1 aromatic carbocycles. The molecule has 0 aromatic heterocycles. The van der Waals surface area contributed by atoms with Gasteiger partial charge in [-0.15, -0.1) is 0 Å². The molecule has 5 rings (SSSR count). The lowest BCUT2D eigenvalue weighted by molar-refractivity contribution is 1.95. The normalized spacial score (nSPS) is 12.4. The molecule has 0 heterocycles. The van der Waals surface area contributed by atoms with Gasteiger partial charge >= 0.3 is 0 Å². The van der Waals surface area contributed by atoms with Crippen LogP contribution in [-0.2, 0) is 0 Å². The molecule has 0 saturated heterocycles. The van der Waals surface area contributed by atoms with E-state index in [1.165, 1.54) is 43.8 Å². The van der Waals surface area contributed by atoms with Gasteiger partial charge in [-0.2, -0.15) is 0 Å². The van der Waals surface area contributed by atoms with Crippen molar-refractivity contribution in [2.75, 3.05) is 0 Å². The van der Waals surface area contributed by atoms with E-state index < -0.39 is 0 Å². The van der Waals surface area contributed by atoms with E-state index in [1.807, 2.05) is 0 Å². The summed E-state index contributed by atoms with van der Waals surface area (Å²) in [6, 6.07) is 22.4. The Labute approximate surface area is 105 Å². The summed E-state index contributed by atoms with van der Waals surface area (Å²) < 4.78 is 0. The minimum absolute atomic E-state index is 1.36. The predicted molar refractivity (Wildman–Crippen MR) is 77.1 cm³/mol. The second-order valence-electron chi connectivity index (χ2n) is 5.10. The monoisotopic (exact) mass is 226 g/mol. The van der Waals surface area contributed by atoms with Crippen LogP contribution >= 0.6 is 0 Å². The van der Waals surface area contributed by atoms with Crippen molar-refractivity contribution in [3.8, 4) is 22.3 Å². The maximum Gasteiger partial charge on any atom is -0.00986 e. The molecule has 0 nitrogen and oxygen atoms in total. The van der Waals surface area contributed by atoms with Crippen molar-refractivity contribution in [1.29, 1.82) is 0 Å². The van der Waals surface area contributed by atoms with Crippen molar-refractivity contribution in [3.63, 3.8) is 0 Å². The molecule has 4 aliphatic rings. The van der Waals surface area contributed by atoms with Gasteiger partial charge in [-0.05, 0) is 68.1 Å². The van der Waals surface area contributed by atoms with E-state index >= 15 is 0 Å². The van der Waals surface area contributed by atoms with E-state index in [2.05, 4.69) is 60.7 Å². The van der Waals surface area contributed by atoms with Crippen molar-refractivity contribution < 1.29 is 0 Å². The number of benzene rings is 1. The Morgan fingerprint density at radius 1 is 0.500 bits per heavy atom. The molecule has 0 atom stereocenters. The smallest absolute Gasteiger partial charge is 0.00986 e. The van der Waals surface area contributed by atoms with E-state index in [9.17, 15) is 0 Å². The second-order valence-corrected chi connectivity index (χ2v) is 5.10. The molecule has 0 radical (unpaired) electrons. The standard InChI is InChI=1S/C18H10/c1-3-11-7-13-9-14-8-12-4-2-6-16(12)18(14)10-17(13)15(11)5-1/h1-10H. The third kappa shape index (κ3) is 0.888. The molecule has 0 N–H and O–H groups in total. The van der Waals surface area contributed by atoms with Crippen molar-refractivity contribution in [1.82, 2.24) is 0 Å². The number of hydrogen-bond donors (Lipinski definition) is 0. The molecule has 4 aliphatic carbocycles. The van der Waals surface area contributed by atoms with Crippen molar-refractivity contribution >= 4 is 21.5 Å². The average molecular weight is 226 g/mol. The molecule has 0 aliphatic heterocycles. The minimum atomic E-state index is 1.36. The van der Waals surface area contributed by atoms with Crippen molar-refractivity contribution in [3.05, 3.63) is 60.7 Å². The number of rotatable bonds is 0. The highest BCUT2D eigenvalue weighted by molar-refractivity contribution is 6.14. The van der Waals surface area contributed by atoms with Crippen LogP contribution in [0.3, 0.4) is 0 Å². The summed E-state index contributed by atoms with van der Waals surface area (Å²) in [5, 5.41) is 5.49. The van der Waals surface area contributed by atoms with Crippen LogP contribution in [0.2, 0.25) is 0 Å². The maximum absolute atomic E-state index is 2.36. The maximum atomic E-state index is 2.36. The van der Waals surface area contributed by atoms with Crippen LogP contribution in [0.4, 0.5) is 0 Å². The van der Waals surface area contributed by atoms with Gasteiger partial charge in [0.1, 0.15) is 0 Å². The van der Waals surface area contributed by atoms with Gasteiger partial charge in [0.25, 0.3) is 0 Å². The molecular formula is C18H10. The van der Waals surface area contributed by atoms with Crippen molar-refractivity contribution in [2.45, 2.75) is 0 Å². The SMILES string of the molecule is c1cc2cc3cc4cc5cccc-5c4cc3c-2c1. The zero-order valence-corrected chi connectivity index (χ0v) is 9.77. The Hall–Kier alpha value is -2.34. The zero-order valence-electron chi connectivity index (χ0n) is 9.77. The fourth-order valence-corrected chi connectivity index (χ4v) is 3.28. The Balaban J connectivity index is 2.04. The fraction of sp³-hybridized carbons (Fsp3) is 0. The van der Waals surface area contributed by atoms with Gasteiger partial charge in [0.15, 0.2) is 0 Å². The first kappa shape index (κ1) is 8.71. The van der Waals surface area contributed by atoms with Crippen LogP contribution in [0, 0.1) is 0 Å². The van der Waals surface area contributed by atoms with Gasteiger partial charge in [-0.3, -0.25) is 0 Å². The first-order valence-corrected chi connectivity index (χ1v) is 6.30. The first-order valence-electron chi connectivity index (χ1n) is 6.30. The van der Waals surface area contributed by atoms with Gasteiger partial charge in [0.2, 0.25) is 0 Å². The van der Waals surface area contributed by atoms with Crippen LogP contribution < -0.4 is 0 Å². The highest BCUT2D eigenvalue weighted by Crippen LogP contribution is 2.42. The highest BCUT2D eigenvalue weighted by atomic mass is 14.2. The highest BCUT2D eigenvalue weighted by Gasteiger charge is 2.15. The molecule has 0 spiro atoms. The van der Waals surface area contributed by atoms with Gasteiger partial charge in [0, 0.05) is 0 Å². The second kappa shape index (κ2) is 2.73. The Kier molecular flexibility index (Phi) is 1.32. The van der Waals surface area contributed by atoms with Gasteiger partial charge in [0.05, 0.1) is 0 Å². The predicted octanol–water partition coefficient (Wildman–Crippen LogP) is 5.08. The summed E-state index contributed by atoms with van der Waals surface area (Å²) in [5.74, 6) is 0. The summed E-state index contributed by atoms with van der Waals surface area (Å²) in [7, 11) is 0. The number of hydrogen-bond acceptors (Lipinski definition) is 0. The van der Waals surface area contributed by atoms with E-state index in [4.69, 9.17) is 0 Å². The molecule has 0 unspecified atom stereocenters. The summed E-state index contributed by atoms with van der Waals surface area (Å²) >= 11 is 0. The molecule has 18 heavy (non-hydrogen) atoms. The van der Waals surface area contributed by atoms with Crippen LogP contribution in [0.5, 0.6) is 0 Å². The first-order chi connectivity index (χ1) is 8.90. The largest absolute Gasteiger partial charge is 0.0610 e. The lowest BCUT2D eigenvalue weighted by atomic mass is 10.1. The van der Waals surface area contributed by atoms with Gasteiger partial charge < -0.3 is 0 Å². The van der Waals surface area contributed by atoms with E-state index in [-0.39, 0.29) is 0 Å². The molecule has 0 heteroatoms. The van der Waals surface area contributed by atoms with Crippen LogP contribution in [0.1, 0.15) is 0 Å². The van der Waals surface area contributed by atoms with Crippen LogP contribution in [0.15, 0.2) is 60.7 Å². The molecule has 0 amide bonds. The number of fused-ring (bicyclic) bond motifs is 6. The summed E-state index contributed by atoms with van der Waals surface area (Å²) in [6.45, 7) is 0. The van der Waals surface area contributed by atoms with E-state index in [0.29, 0.717) is 0 Å². The van der Waals surface area contributed by atoms with Crippen LogP contribution in [0.25, 0.3) is 43.8 Å². The summed E-state index contributed by atoms with van der Waals surface area (Å²) in [6.07, 6.45) is 0. The molecule has 82 valence electrons. The van der Waals surface area contributed by atoms with E-state index in [1.54, 1.807) is 0 Å². The average Bonchev–Trinajstić information content (AvgIpc) is 3.04.